The van der Waals surface area contributed by atoms with Gasteiger partial charge in [-0.2, -0.15) is 0 Å². The number of methoxy groups -OCH3 is 1. The normalized spacial score (nSPS) is 19.6. The molecule has 1 aliphatic heterocycles. The van der Waals surface area contributed by atoms with Crippen LogP contribution in [0.25, 0.3) is 0 Å². The summed E-state index contributed by atoms with van der Waals surface area (Å²) in [5.41, 5.74) is 1.19. The van der Waals surface area contributed by atoms with Crippen LogP contribution < -0.4 is 4.74 Å². The number of benzene rings is 1. The van der Waals surface area contributed by atoms with Gasteiger partial charge in [-0.25, -0.2) is 0 Å². The number of aryl methyl sites for hydroxylation is 1. The molecule has 4 nitrogen and oxygen atoms in total. The van der Waals surface area contributed by atoms with E-state index in [9.17, 15) is 4.79 Å². The van der Waals surface area contributed by atoms with Crippen LogP contribution in [0.2, 0.25) is 0 Å². The minimum atomic E-state index is -0.125. The fourth-order valence-corrected chi connectivity index (χ4v) is 2.65. The molecular formula is C16H23NO3. The Kier molecular flexibility index (Phi) is 5.41. The minimum Gasteiger partial charge on any atom is -0.492 e. The van der Waals surface area contributed by atoms with Crippen molar-refractivity contribution in [1.82, 2.24) is 4.90 Å². The predicted octanol–water partition coefficient (Wildman–Crippen LogP) is 2.40. The van der Waals surface area contributed by atoms with Crippen molar-refractivity contribution < 1.29 is 14.3 Å². The molecule has 0 saturated carbocycles. The van der Waals surface area contributed by atoms with E-state index < -0.39 is 0 Å². The lowest BCUT2D eigenvalue weighted by Crippen LogP contribution is -2.46. The van der Waals surface area contributed by atoms with Crippen LogP contribution in [0.5, 0.6) is 5.75 Å². The molecule has 0 bridgehead atoms. The molecule has 0 N–H and O–H groups in total. The standard InChI is InChI=1S/C16H23NO3/c1-13-6-5-7-14(12-13)20-11-10-17-9-4-3-8-15(17)16(18)19-2/h5-7,12,15H,3-4,8-11H2,1-2H3/t15-/m1/s1. The van der Waals surface area contributed by atoms with Crippen molar-refractivity contribution in [3.63, 3.8) is 0 Å². The molecule has 1 saturated heterocycles. The second kappa shape index (κ2) is 7.29. The van der Waals surface area contributed by atoms with Crippen molar-refractivity contribution in [2.75, 3.05) is 26.8 Å². The summed E-state index contributed by atoms with van der Waals surface area (Å²) in [6.07, 6.45) is 3.12. The van der Waals surface area contributed by atoms with Crippen molar-refractivity contribution >= 4 is 5.97 Å². The SMILES string of the molecule is COC(=O)[C@H]1CCCCN1CCOc1cccc(C)c1. The summed E-state index contributed by atoms with van der Waals surface area (Å²) in [6, 6.07) is 7.91. The Balaban J connectivity index is 1.84. The molecule has 1 aromatic rings. The van der Waals surface area contributed by atoms with Crippen molar-refractivity contribution in [2.24, 2.45) is 0 Å². The number of rotatable bonds is 5. The van der Waals surface area contributed by atoms with Crippen LogP contribution in [0.15, 0.2) is 24.3 Å². The van der Waals surface area contributed by atoms with Crippen molar-refractivity contribution in [1.29, 1.82) is 0 Å². The first-order chi connectivity index (χ1) is 9.70. The van der Waals surface area contributed by atoms with Crippen LogP contribution in [-0.2, 0) is 9.53 Å². The monoisotopic (exact) mass is 277 g/mol. The van der Waals surface area contributed by atoms with Gasteiger partial charge in [-0.05, 0) is 44.0 Å². The highest BCUT2D eigenvalue weighted by Gasteiger charge is 2.28. The average Bonchev–Trinajstić information content (AvgIpc) is 2.47. The highest BCUT2D eigenvalue weighted by Crippen LogP contribution is 2.18. The van der Waals surface area contributed by atoms with Gasteiger partial charge in [0.1, 0.15) is 18.4 Å². The number of carbonyl (C=O) groups excluding carboxylic acids is 1. The Bertz CT molecular complexity index is 447. The van der Waals surface area contributed by atoms with E-state index in [0.717, 1.165) is 38.1 Å². The summed E-state index contributed by atoms with van der Waals surface area (Å²) in [5.74, 6) is 0.761. The summed E-state index contributed by atoms with van der Waals surface area (Å²) < 4.78 is 10.6. The third-order valence-electron chi connectivity index (χ3n) is 3.72. The van der Waals surface area contributed by atoms with Crippen molar-refractivity contribution in [2.45, 2.75) is 32.2 Å². The summed E-state index contributed by atoms with van der Waals surface area (Å²) in [4.78, 5) is 13.9. The van der Waals surface area contributed by atoms with E-state index in [0.29, 0.717) is 6.61 Å². The lowest BCUT2D eigenvalue weighted by Gasteiger charge is -2.33. The zero-order valence-corrected chi connectivity index (χ0v) is 12.3. The van der Waals surface area contributed by atoms with Crippen LogP contribution in [0.3, 0.4) is 0 Å². The molecule has 1 atom stereocenters. The van der Waals surface area contributed by atoms with Crippen LogP contribution in [0.4, 0.5) is 0 Å². The van der Waals surface area contributed by atoms with Crippen molar-refractivity contribution in [3.05, 3.63) is 29.8 Å². The lowest BCUT2D eigenvalue weighted by molar-refractivity contribution is -0.148. The smallest absolute Gasteiger partial charge is 0.323 e. The van der Waals surface area contributed by atoms with Crippen LogP contribution >= 0.6 is 0 Å². The molecule has 0 spiro atoms. The molecule has 0 unspecified atom stereocenters. The molecular weight excluding hydrogens is 254 g/mol. The van der Waals surface area contributed by atoms with E-state index in [-0.39, 0.29) is 12.0 Å². The van der Waals surface area contributed by atoms with E-state index in [4.69, 9.17) is 9.47 Å². The van der Waals surface area contributed by atoms with Gasteiger partial charge < -0.3 is 9.47 Å². The Morgan fingerprint density at radius 3 is 3.00 bits per heavy atom. The first-order valence-electron chi connectivity index (χ1n) is 7.22. The first-order valence-corrected chi connectivity index (χ1v) is 7.22. The predicted molar refractivity (Wildman–Crippen MR) is 77.9 cm³/mol. The highest BCUT2D eigenvalue weighted by molar-refractivity contribution is 5.75. The van der Waals surface area contributed by atoms with Gasteiger partial charge in [0.2, 0.25) is 0 Å². The quantitative estimate of drug-likeness (QED) is 0.775. The van der Waals surface area contributed by atoms with E-state index in [1.54, 1.807) is 0 Å². The number of likely N-dealkylation sites (tertiary alicyclic amines) is 1. The van der Waals surface area contributed by atoms with E-state index in [1.165, 1.54) is 12.7 Å². The van der Waals surface area contributed by atoms with Crippen LogP contribution in [-0.4, -0.2) is 43.7 Å². The average molecular weight is 277 g/mol. The van der Waals surface area contributed by atoms with Gasteiger partial charge in [0.25, 0.3) is 0 Å². The second-order valence-electron chi connectivity index (χ2n) is 5.24. The van der Waals surface area contributed by atoms with E-state index >= 15 is 0 Å². The van der Waals surface area contributed by atoms with Gasteiger partial charge >= 0.3 is 5.97 Å². The van der Waals surface area contributed by atoms with Gasteiger partial charge in [-0.15, -0.1) is 0 Å². The molecule has 0 aliphatic carbocycles. The molecule has 0 aromatic heterocycles. The fourth-order valence-electron chi connectivity index (χ4n) is 2.65. The van der Waals surface area contributed by atoms with Gasteiger partial charge in [-0.1, -0.05) is 18.6 Å². The zero-order valence-electron chi connectivity index (χ0n) is 12.3. The van der Waals surface area contributed by atoms with Crippen LogP contribution in [0, 0.1) is 6.92 Å². The number of nitrogens with zero attached hydrogens (tertiary/aromatic N) is 1. The minimum absolute atomic E-state index is 0.102. The number of hydrogen-bond acceptors (Lipinski definition) is 4. The second-order valence-corrected chi connectivity index (χ2v) is 5.24. The molecule has 0 amide bonds. The Morgan fingerprint density at radius 2 is 2.25 bits per heavy atom. The maximum Gasteiger partial charge on any atom is 0.323 e. The molecule has 1 heterocycles. The lowest BCUT2D eigenvalue weighted by atomic mass is 10.0. The number of ether oxygens (including phenoxy) is 2. The summed E-state index contributed by atoms with van der Waals surface area (Å²) >= 11 is 0. The van der Waals surface area contributed by atoms with Gasteiger partial charge in [-0.3, -0.25) is 9.69 Å². The highest BCUT2D eigenvalue weighted by atomic mass is 16.5. The number of esters is 1. The Labute approximate surface area is 120 Å². The van der Waals surface area contributed by atoms with Crippen LogP contribution in [0.1, 0.15) is 24.8 Å². The van der Waals surface area contributed by atoms with Crippen molar-refractivity contribution in [3.8, 4) is 5.75 Å². The Hall–Kier alpha value is -1.55. The molecule has 1 aliphatic rings. The van der Waals surface area contributed by atoms with E-state index in [1.807, 2.05) is 31.2 Å². The van der Waals surface area contributed by atoms with Gasteiger partial charge in [0.15, 0.2) is 0 Å². The summed E-state index contributed by atoms with van der Waals surface area (Å²) in [7, 11) is 1.46. The molecule has 1 fully saturated rings. The number of piperidine rings is 1. The largest absolute Gasteiger partial charge is 0.492 e. The molecule has 110 valence electrons. The van der Waals surface area contributed by atoms with E-state index in [2.05, 4.69) is 4.90 Å². The molecule has 4 heteroatoms. The molecule has 2 rings (SSSR count). The first kappa shape index (κ1) is 14.9. The maximum atomic E-state index is 11.8. The number of hydrogen-bond donors (Lipinski definition) is 0. The maximum absolute atomic E-state index is 11.8. The Morgan fingerprint density at radius 1 is 1.40 bits per heavy atom. The molecule has 20 heavy (non-hydrogen) atoms. The third kappa shape index (κ3) is 3.97. The van der Waals surface area contributed by atoms with Gasteiger partial charge in [0, 0.05) is 6.54 Å². The molecule has 0 radical (unpaired) electrons. The third-order valence-corrected chi connectivity index (χ3v) is 3.72. The fraction of sp³-hybridized carbons (Fsp3) is 0.562. The molecule has 1 aromatic carbocycles. The number of carbonyl (C=O) groups is 1. The summed E-state index contributed by atoms with van der Waals surface area (Å²) in [5, 5.41) is 0. The van der Waals surface area contributed by atoms with Gasteiger partial charge in [0.05, 0.1) is 7.11 Å². The summed E-state index contributed by atoms with van der Waals surface area (Å²) in [6.45, 7) is 4.34. The topological polar surface area (TPSA) is 38.8 Å². The zero-order chi connectivity index (χ0) is 14.4.